The molecular formula is C20H25Br3N2. The molecule has 0 aliphatic heterocycles. The average Bonchev–Trinajstić information content (AvgIpc) is 2.63. The molecule has 25 heavy (non-hydrogen) atoms. The van der Waals surface area contributed by atoms with E-state index in [0.29, 0.717) is 0 Å². The smallest absolute Gasteiger partial charge is 0.116 e. The lowest BCUT2D eigenvalue weighted by Crippen LogP contribution is -1.94. The summed E-state index contributed by atoms with van der Waals surface area (Å²) in [7, 11) is 0. The zero-order valence-electron chi connectivity index (χ0n) is 14.7. The van der Waals surface area contributed by atoms with Gasteiger partial charge in [0.15, 0.2) is 0 Å². The van der Waals surface area contributed by atoms with Gasteiger partial charge in [-0.3, -0.25) is 0 Å². The molecule has 2 aromatic rings. The first-order chi connectivity index (χ1) is 12.1. The van der Waals surface area contributed by atoms with Crippen LogP contribution in [0.2, 0.25) is 0 Å². The first kappa shape index (κ1) is 21.0. The summed E-state index contributed by atoms with van der Waals surface area (Å²) in [6.07, 6.45) is 11.7. The maximum Gasteiger partial charge on any atom is 0.116 e. The number of benzene rings is 1. The van der Waals surface area contributed by atoms with E-state index < -0.39 is 0 Å². The molecule has 0 aliphatic carbocycles. The van der Waals surface area contributed by atoms with Gasteiger partial charge in [0.05, 0.1) is 14.5 Å². The van der Waals surface area contributed by atoms with Gasteiger partial charge in [-0.1, -0.05) is 86.0 Å². The lowest BCUT2D eigenvalue weighted by Gasteiger charge is -2.08. The standard InChI is InChI=1S/C20H25Br3N2/c1-2-3-4-5-6-7-8-9-13-16(21)19(23)20-18(22)15-12-10-11-14-17(15)24-25-20/h10-12,14H,2-9,13H2,1H3. The van der Waals surface area contributed by atoms with Crippen LogP contribution >= 0.6 is 47.8 Å². The Morgan fingerprint density at radius 2 is 1.52 bits per heavy atom. The molecule has 2 rings (SSSR count). The molecule has 0 fully saturated rings. The number of hydrogen-bond donors (Lipinski definition) is 0. The van der Waals surface area contributed by atoms with E-state index in [0.717, 1.165) is 36.5 Å². The van der Waals surface area contributed by atoms with Crippen LogP contribution in [0.25, 0.3) is 15.4 Å². The molecule has 0 atom stereocenters. The summed E-state index contributed by atoms with van der Waals surface area (Å²) in [4.78, 5) is 0. The molecule has 0 spiro atoms. The molecule has 0 radical (unpaired) electrons. The highest BCUT2D eigenvalue weighted by Crippen LogP contribution is 2.36. The number of hydrogen-bond acceptors (Lipinski definition) is 2. The largest absolute Gasteiger partial charge is 0.150 e. The third-order valence-corrected chi connectivity index (χ3v) is 7.28. The second-order valence-electron chi connectivity index (χ2n) is 6.32. The van der Waals surface area contributed by atoms with Gasteiger partial charge in [0, 0.05) is 9.87 Å². The first-order valence-electron chi connectivity index (χ1n) is 9.10. The van der Waals surface area contributed by atoms with Crippen LogP contribution in [0, 0.1) is 0 Å². The minimum absolute atomic E-state index is 0.852. The molecule has 1 aromatic carbocycles. The minimum atomic E-state index is 0.852. The van der Waals surface area contributed by atoms with Crippen molar-refractivity contribution in [2.75, 3.05) is 0 Å². The summed E-state index contributed by atoms with van der Waals surface area (Å²) in [5.41, 5.74) is 1.75. The van der Waals surface area contributed by atoms with Gasteiger partial charge in [-0.25, -0.2) is 0 Å². The predicted molar refractivity (Wildman–Crippen MR) is 119 cm³/mol. The quantitative estimate of drug-likeness (QED) is 0.287. The van der Waals surface area contributed by atoms with Gasteiger partial charge in [0.25, 0.3) is 0 Å². The molecule has 0 unspecified atom stereocenters. The fourth-order valence-corrected chi connectivity index (χ4v) is 4.64. The number of rotatable bonds is 10. The highest BCUT2D eigenvalue weighted by molar-refractivity contribution is 9.16. The van der Waals surface area contributed by atoms with E-state index in [9.17, 15) is 0 Å². The van der Waals surface area contributed by atoms with Crippen molar-refractivity contribution in [2.45, 2.75) is 64.7 Å². The van der Waals surface area contributed by atoms with E-state index >= 15 is 0 Å². The molecule has 0 amide bonds. The van der Waals surface area contributed by atoms with Gasteiger partial charge < -0.3 is 0 Å². The van der Waals surface area contributed by atoms with Crippen LogP contribution in [-0.2, 0) is 0 Å². The van der Waals surface area contributed by atoms with Gasteiger partial charge in [-0.15, -0.1) is 10.2 Å². The topological polar surface area (TPSA) is 25.8 Å². The fourth-order valence-electron chi connectivity index (χ4n) is 2.81. The lowest BCUT2D eigenvalue weighted by atomic mass is 10.1. The van der Waals surface area contributed by atoms with Crippen LogP contribution < -0.4 is 0 Å². The summed E-state index contributed by atoms with van der Waals surface area (Å²) in [5, 5.41) is 9.79. The SMILES string of the molecule is CCCCCCCCCCC(Br)=C(Br)c1nnc2ccccc2c1Br. The number of fused-ring (bicyclic) bond motifs is 1. The van der Waals surface area contributed by atoms with Crippen molar-refractivity contribution in [1.82, 2.24) is 10.2 Å². The summed E-state index contributed by atoms with van der Waals surface area (Å²) < 4.78 is 3.13. The molecule has 0 N–H and O–H groups in total. The van der Waals surface area contributed by atoms with Gasteiger partial charge in [-0.2, -0.15) is 0 Å². The zero-order chi connectivity index (χ0) is 18.1. The summed E-state index contributed by atoms with van der Waals surface area (Å²) >= 11 is 11.1. The average molecular weight is 533 g/mol. The van der Waals surface area contributed by atoms with Crippen LogP contribution in [0.4, 0.5) is 0 Å². The van der Waals surface area contributed by atoms with Crippen molar-refractivity contribution in [2.24, 2.45) is 0 Å². The third kappa shape index (κ3) is 6.44. The number of unbranched alkanes of at least 4 members (excludes halogenated alkanes) is 7. The van der Waals surface area contributed by atoms with E-state index in [-0.39, 0.29) is 0 Å². The highest BCUT2D eigenvalue weighted by atomic mass is 79.9. The van der Waals surface area contributed by atoms with E-state index in [1.807, 2.05) is 18.2 Å². The Hall–Kier alpha value is -0.260. The van der Waals surface area contributed by atoms with Crippen molar-refractivity contribution < 1.29 is 0 Å². The minimum Gasteiger partial charge on any atom is -0.150 e. The lowest BCUT2D eigenvalue weighted by molar-refractivity contribution is 0.577. The molecule has 0 aliphatic rings. The molecule has 0 saturated heterocycles. The summed E-state index contributed by atoms with van der Waals surface area (Å²) in [6.45, 7) is 2.26. The van der Waals surface area contributed by atoms with Crippen LogP contribution in [-0.4, -0.2) is 10.2 Å². The molecular weight excluding hydrogens is 508 g/mol. The maximum atomic E-state index is 4.38. The molecule has 1 aromatic heterocycles. The molecule has 0 saturated carbocycles. The molecule has 5 heteroatoms. The second-order valence-corrected chi connectivity index (χ2v) is 8.87. The van der Waals surface area contributed by atoms with Crippen LogP contribution in [0.15, 0.2) is 33.2 Å². The number of nitrogens with zero attached hydrogens (tertiary/aromatic N) is 2. The third-order valence-electron chi connectivity index (χ3n) is 4.30. The first-order valence-corrected chi connectivity index (χ1v) is 11.5. The van der Waals surface area contributed by atoms with E-state index in [4.69, 9.17) is 0 Å². The van der Waals surface area contributed by atoms with Crippen LogP contribution in [0.3, 0.4) is 0 Å². The Balaban J connectivity index is 1.90. The Bertz CT molecular complexity index is 713. The van der Waals surface area contributed by atoms with Gasteiger partial charge in [0.1, 0.15) is 5.69 Å². The van der Waals surface area contributed by atoms with Crippen molar-refractivity contribution in [3.05, 3.63) is 38.9 Å². The highest BCUT2D eigenvalue weighted by Gasteiger charge is 2.13. The molecule has 136 valence electrons. The van der Waals surface area contributed by atoms with Crippen molar-refractivity contribution in [3.8, 4) is 0 Å². The maximum absolute atomic E-state index is 4.38. The predicted octanol–water partition coefficient (Wildman–Crippen LogP) is 8.38. The van der Waals surface area contributed by atoms with E-state index in [1.54, 1.807) is 0 Å². The molecule has 0 bridgehead atoms. The summed E-state index contributed by atoms with van der Waals surface area (Å²) in [6, 6.07) is 8.03. The van der Waals surface area contributed by atoms with E-state index in [2.05, 4.69) is 71.0 Å². The Morgan fingerprint density at radius 3 is 2.24 bits per heavy atom. The molecule has 2 nitrogen and oxygen atoms in total. The number of allylic oxidation sites excluding steroid dienone is 1. The van der Waals surface area contributed by atoms with E-state index in [1.165, 1.54) is 51.4 Å². The number of aromatic nitrogens is 2. The van der Waals surface area contributed by atoms with Gasteiger partial charge >= 0.3 is 0 Å². The Kier molecular flexibility index (Phi) is 9.64. The summed E-state index contributed by atoms with van der Waals surface area (Å²) in [5.74, 6) is 0. The van der Waals surface area contributed by atoms with Gasteiger partial charge in [0.2, 0.25) is 0 Å². The normalized spacial score (nSPS) is 12.5. The van der Waals surface area contributed by atoms with Crippen LogP contribution in [0.5, 0.6) is 0 Å². The fraction of sp³-hybridized carbons (Fsp3) is 0.500. The van der Waals surface area contributed by atoms with Crippen molar-refractivity contribution in [1.29, 1.82) is 0 Å². The Labute approximate surface area is 176 Å². The monoisotopic (exact) mass is 530 g/mol. The van der Waals surface area contributed by atoms with Crippen molar-refractivity contribution >= 4 is 63.2 Å². The van der Waals surface area contributed by atoms with Gasteiger partial charge in [-0.05, 0) is 50.8 Å². The number of halogens is 3. The zero-order valence-corrected chi connectivity index (χ0v) is 19.5. The molecule has 1 heterocycles. The van der Waals surface area contributed by atoms with Crippen LogP contribution in [0.1, 0.15) is 70.4 Å². The Morgan fingerprint density at radius 1 is 0.880 bits per heavy atom. The second kappa shape index (κ2) is 11.5. The van der Waals surface area contributed by atoms with Crippen molar-refractivity contribution in [3.63, 3.8) is 0 Å².